The molecular weight excluding hydrogens is 406 g/mol. The summed E-state index contributed by atoms with van der Waals surface area (Å²) in [4.78, 5) is 48.5. The summed E-state index contributed by atoms with van der Waals surface area (Å²) in [5.74, 6) is -1.52. The Labute approximate surface area is 176 Å². The number of carbonyl (C=O) groups is 2. The molecule has 0 aliphatic heterocycles. The van der Waals surface area contributed by atoms with Gasteiger partial charge in [0.05, 0.1) is 28.8 Å². The van der Waals surface area contributed by atoms with Gasteiger partial charge in [0.15, 0.2) is 0 Å². The lowest BCUT2D eigenvalue weighted by Crippen LogP contribution is -2.30. The van der Waals surface area contributed by atoms with Crippen LogP contribution in [0.15, 0.2) is 55.1 Å². The third-order valence-electron chi connectivity index (χ3n) is 4.19. The number of methoxy groups -OCH3 is 1. The second-order valence-corrected chi connectivity index (χ2v) is 6.04. The summed E-state index contributed by atoms with van der Waals surface area (Å²) in [6.45, 7) is 0. The molecule has 1 aromatic carbocycles. The Balaban J connectivity index is 1.95. The van der Waals surface area contributed by atoms with E-state index in [0.29, 0.717) is 5.69 Å². The minimum Gasteiger partial charge on any atom is -0.465 e. The molecule has 1 amide bonds. The number of hydrogen-bond donors (Lipinski definition) is 2. The third-order valence-corrected chi connectivity index (χ3v) is 4.19. The summed E-state index contributed by atoms with van der Waals surface area (Å²) in [5, 5.41) is 11.8. The van der Waals surface area contributed by atoms with Crippen LogP contribution in [0.2, 0.25) is 0 Å². The van der Waals surface area contributed by atoms with E-state index < -0.39 is 22.5 Å². The number of pyridine rings is 1. The Morgan fingerprint density at radius 3 is 2.61 bits per heavy atom. The van der Waals surface area contributed by atoms with Gasteiger partial charge in [-0.1, -0.05) is 12.1 Å². The largest absolute Gasteiger partial charge is 0.465 e. The summed E-state index contributed by atoms with van der Waals surface area (Å²) in [6, 6.07) is 9.53. The molecule has 12 heteroatoms. The molecule has 0 saturated heterocycles. The van der Waals surface area contributed by atoms with Crippen molar-refractivity contribution in [2.45, 2.75) is 0 Å². The van der Waals surface area contributed by atoms with Gasteiger partial charge in [0, 0.05) is 19.4 Å². The number of anilines is 3. The van der Waals surface area contributed by atoms with Gasteiger partial charge in [-0.3, -0.25) is 30.7 Å². The van der Waals surface area contributed by atoms with E-state index in [1.165, 1.54) is 43.6 Å². The number of carbonyl (C=O) groups excluding carboxylic acids is 2. The van der Waals surface area contributed by atoms with Crippen LogP contribution in [0.3, 0.4) is 0 Å². The van der Waals surface area contributed by atoms with E-state index in [-0.39, 0.29) is 22.8 Å². The second-order valence-electron chi connectivity index (χ2n) is 6.04. The molecule has 0 atom stereocenters. The SMILES string of the molecule is COC(=O)c1ccccc1N(C)c1ncnc(NNC(=O)c2cccnc2)c1[N+](=O)[O-]. The number of nitro groups is 1. The topological polar surface area (TPSA) is 152 Å². The van der Waals surface area contributed by atoms with Crippen LogP contribution in [0.25, 0.3) is 0 Å². The van der Waals surface area contributed by atoms with Gasteiger partial charge in [-0.25, -0.2) is 14.8 Å². The van der Waals surface area contributed by atoms with Crippen molar-refractivity contribution in [1.29, 1.82) is 0 Å². The average molecular weight is 423 g/mol. The van der Waals surface area contributed by atoms with Gasteiger partial charge in [-0.15, -0.1) is 0 Å². The highest BCUT2D eigenvalue weighted by Gasteiger charge is 2.28. The molecule has 0 spiro atoms. The number of amides is 1. The molecule has 0 radical (unpaired) electrons. The molecular formula is C19H17N7O5. The molecule has 31 heavy (non-hydrogen) atoms. The molecule has 0 aliphatic rings. The van der Waals surface area contributed by atoms with Crippen LogP contribution in [0.1, 0.15) is 20.7 Å². The van der Waals surface area contributed by atoms with E-state index >= 15 is 0 Å². The molecule has 2 N–H and O–H groups in total. The number of nitrogens with zero attached hydrogens (tertiary/aromatic N) is 5. The highest BCUT2D eigenvalue weighted by atomic mass is 16.6. The molecule has 3 rings (SSSR count). The fourth-order valence-electron chi connectivity index (χ4n) is 2.72. The number of para-hydroxylation sites is 1. The minimum atomic E-state index is -0.689. The van der Waals surface area contributed by atoms with Crippen molar-refractivity contribution in [3.8, 4) is 0 Å². The molecule has 2 aromatic heterocycles. The van der Waals surface area contributed by atoms with Crippen molar-refractivity contribution in [3.05, 3.63) is 76.4 Å². The molecule has 0 saturated carbocycles. The number of hydrazine groups is 1. The van der Waals surface area contributed by atoms with Crippen LogP contribution >= 0.6 is 0 Å². The summed E-state index contributed by atoms with van der Waals surface area (Å²) in [5.41, 5.74) is 5.06. The number of hydrogen-bond acceptors (Lipinski definition) is 10. The Morgan fingerprint density at radius 2 is 1.94 bits per heavy atom. The first-order valence-electron chi connectivity index (χ1n) is 8.81. The maximum Gasteiger partial charge on any atom is 0.355 e. The first kappa shape index (κ1) is 21.1. The molecule has 0 unspecified atom stereocenters. The standard InChI is InChI=1S/C19H17N7O5/c1-25(14-8-4-3-7-13(14)19(28)31-2)17-15(26(29)30)16(21-11-22-17)23-24-18(27)12-6-5-9-20-10-12/h3-11H,1-2H3,(H,24,27)(H,21,22,23). The number of aromatic nitrogens is 3. The number of nitrogens with one attached hydrogen (secondary N) is 2. The molecule has 12 nitrogen and oxygen atoms in total. The van der Waals surface area contributed by atoms with Gasteiger partial charge in [-0.05, 0) is 24.3 Å². The van der Waals surface area contributed by atoms with E-state index in [9.17, 15) is 19.7 Å². The molecule has 3 aromatic rings. The van der Waals surface area contributed by atoms with Crippen LogP contribution in [-0.2, 0) is 4.74 Å². The summed E-state index contributed by atoms with van der Waals surface area (Å²) in [6.07, 6.45) is 3.94. The quantitative estimate of drug-likeness (QED) is 0.328. The molecule has 2 heterocycles. The lowest BCUT2D eigenvalue weighted by atomic mass is 10.1. The summed E-state index contributed by atoms with van der Waals surface area (Å²) >= 11 is 0. The van der Waals surface area contributed by atoms with Gasteiger partial charge < -0.3 is 9.64 Å². The third kappa shape index (κ3) is 4.53. The van der Waals surface area contributed by atoms with Crippen molar-refractivity contribution in [3.63, 3.8) is 0 Å². The zero-order valence-electron chi connectivity index (χ0n) is 16.5. The summed E-state index contributed by atoms with van der Waals surface area (Å²) in [7, 11) is 2.74. The van der Waals surface area contributed by atoms with E-state index in [0.717, 1.165) is 6.33 Å². The van der Waals surface area contributed by atoms with Crippen LogP contribution < -0.4 is 15.8 Å². The average Bonchev–Trinajstić information content (AvgIpc) is 2.81. The molecule has 158 valence electrons. The first-order valence-corrected chi connectivity index (χ1v) is 8.81. The monoisotopic (exact) mass is 423 g/mol. The number of benzene rings is 1. The van der Waals surface area contributed by atoms with E-state index in [1.807, 2.05) is 0 Å². The predicted octanol–water partition coefficient (Wildman–Crippen LogP) is 2.09. The van der Waals surface area contributed by atoms with Crippen LogP contribution in [0, 0.1) is 10.1 Å². The Morgan fingerprint density at radius 1 is 1.16 bits per heavy atom. The zero-order chi connectivity index (χ0) is 22.4. The van der Waals surface area contributed by atoms with Gasteiger partial charge in [0.25, 0.3) is 5.91 Å². The molecule has 0 fully saturated rings. The van der Waals surface area contributed by atoms with Crippen LogP contribution in [0.4, 0.5) is 23.0 Å². The van der Waals surface area contributed by atoms with Crippen molar-refractivity contribution in [1.82, 2.24) is 20.4 Å². The highest BCUT2D eigenvalue weighted by molar-refractivity contribution is 5.97. The first-order chi connectivity index (χ1) is 14.9. The lowest BCUT2D eigenvalue weighted by Gasteiger charge is -2.21. The summed E-state index contributed by atoms with van der Waals surface area (Å²) < 4.78 is 4.77. The molecule has 0 aliphatic carbocycles. The second kappa shape index (κ2) is 9.26. The smallest absolute Gasteiger partial charge is 0.355 e. The lowest BCUT2D eigenvalue weighted by molar-refractivity contribution is -0.383. The van der Waals surface area contributed by atoms with Gasteiger partial charge in [0.1, 0.15) is 6.33 Å². The van der Waals surface area contributed by atoms with E-state index in [4.69, 9.17) is 4.74 Å². The minimum absolute atomic E-state index is 0.102. The fourth-order valence-corrected chi connectivity index (χ4v) is 2.72. The van der Waals surface area contributed by atoms with Crippen molar-refractivity contribution < 1.29 is 19.2 Å². The number of rotatable bonds is 7. The fraction of sp³-hybridized carbons (Fsp3) is 0.105. The number of esters is 1. The van der Waals surface area contributed by atoms with Crippen molar-refractivity contribution in [2.24, 2.45) is 0 Å². The maximum atomic E-state index is 12.2. The van der Waals surface area contributed by atoms with Crippen molar-refractivity contribution >= 4 is 34.9 Å². The van der Waals surface area contributed by atoms with Gasteiger partial charge in [-0.2, -0.15) is 0 Å². The van der Waals surface area contributed by atoms with Crippen LogP contribution in [-0.4, -0.2) is 45.9 Å². The predicted molar refractivity (Wildman–Crippen MR) is 110 cm³/mol. The van der Waals surface area contributed by atoms with E-state index in [1.54, 1.807) is 24.3 Å². The van der Waals surface area contributed by atoms with Gasteiger partial charge >= 0.3 is 11.7 Å². The van der Waals surface area contributed by atoms with Gasteiger partial charge in [0.2, 0.25) is 11.6 Å². The van der Waals surface area contributed by atoms with E-state index in [2.05, 4.69) is 25.8 Å². The maximum absolute atomic E-state index is 12.2. The molecule has 0 bridgehead atoms. The number of ether oxygens (including phenoxy) is 1. The highest BCUT2D eigenvalue weighted by Crippen LogP contribution is 2.35. The Kier molecular flexibility index (Phi) is 6.30. The Bertz CT molecular complexity index is 1120. The van der Waals surface area contributed by atoms with Crippen molar-refractivity contribution in [2.75, 3.05) is 24.5 Å². The normalized spacial score (nSPS) is 10.1. The zero-order valence-corrected chi connectivity index (χ0v) is 16.5. The Hall–Kier alpha value is -4.61. The van der Waals surface area contributed by atoms with Crippen LogP contribution in [0.5, 0.6) is 0 Å².